The van der Waals surface area contributed by atoms with E-state index in [1.54, 1.807) is 24.3 Å². The van der Waals surface area contributed by atoms with E-state index >= 15 is 0 Å². The first-order valence-corrected chi connectivity index (χ1v) is 7.13. The standard InChI is InChI=1S/C16H11F3N2O3/c17-13-10(8-12(21(23)24)14(18)15(13)19)16(22)20-7-3-5-9-4-1-2-6-11(9)20/h1-2,4,6,8H,3,5,7H2. The molecule has 2 aromatic rings. The van der Waals surface area contributed by atoms with Crippen LogP contribution in [0.25, 0.3) is 0 Å². The van der Waals surface area contributed by atoms with Gasteiger partial charge in [0.05, 0.1) is 10.5 Å². The second-order valence-electron chi connectivity index (χ2n) is 5.33. The highest BCUT2D eigenvalue weighted by molar-refractivity contribution is 6.07. The number of hydrogen-bond acceptors (Lipinski definition) is 3. The number of carbonyl (C=O) groups is 1. The van der Waals surface area contributed by atoms with Gasteiger partial charge in [-0.3, -0.25) is 14.9 Å². The zero-order valence-corrected chi connectivity index (χ0v) is 12.3. The van der Waals surface area contributed by atoms with Crippen molar-refractivity contribution in [3.05, 3.63) is 69.0 Å². The molecule has 2 aromatic carbocycles. The van der Waals surface area contributed by atoms with Gasteiger partial charge in [0.1, 0.15) is 0 Å². The van der Waals surface area contributed by atoms with Crippen LogP contribution < -0.4 is 4.90 Å². The fourth-order valence-corrected chi connectivity index (χ4v) is 2.77. The van der Waals surface area contributed by atoms with E-state index in [0.717, 1.165) is 12.0 Å². The first-order chi connectivity index (χ1) is 11.4. The zero-order valence-electron chi connectivity index (χ0n) is 12.3. The predicted octanol–water partition coefficient (Wildman–Crippen LogP) is 3.61. The molecule has 0 N–H and O–H groups in total. The summed E-state index contributed by atoms with van der Waals surface area (Å²) in [6, 6.07) is 7.37. The average molecular weight is 336 g/mol. The molecule has 0 saturated carbocycles. The smallest absolute Gasteiger partial charge is 0.308 e. The van der Waals surface area contributed by atoms with Gasteiger partial charge in [0.15, 0.2) is 5.82 Å². The van der Waals surface area contributed by atoms with Crippen LogP contribution in [0.4, 0.5) is 24.5 Å². The summed E-state index contributed by atoms with van der Waals surface area (Å²) in [6.45, 7) is 0.252. The quantitative estimate of drug-likeness (QED) is 0.478. The first kappa shape index (κ1) is 16.0. The minimum atomic E-state index is -2.03. The third kappa shape index (κ3) is 2.49. The molecule has 5 nitrogen and oxygen atoms in total. The van der Waals surface area contributed by atoms with Crippen molar-refractivity contribution in [2.24, 2.45) is 0 Å². The lowest BCUT2D eigenvalue weighted by Gasteiger charge is -2.29. The summed E-state index contributed by atoms with van der Waals surface area (Å²) in [5.41, 5.74) is -0.755. The third-order valence-corrected chi connectivity index (χ3v) is 3.91. The molecule has 8 heteroatoms. The number of aryl methyl sites for hydroxylation is 1. The van der Waals surface area contributed by atoms with Crippen LogP contribution in [0.3, 0.4) is 0 Å². The third-order valence-electron chi connectivity index (χ3n) is 3.91. The molecule has 24 heavy (non-hydrogen) atoms. The first-order valence-electron chi connectivity index (χ1n) is 7.13. The van der Waals surface area contributed by atoms with Gasteiger partial charge in [0.25, 0.3) is 5.91 Å². The van der Waals surface area contributed by atoms with Crippen molar-refractivity contribution in [2.45, 2.75) is 12.8 Å². The molecule has 0 atom stereocenters. The highest BCUT2D eigenvalue weighted by atomic mass is 19.2. The van der Waals surface area contributed by atoms with Crippen molar-refractivity contribution in [3.63, 3.8) is 0 Å². The van der Waals surface area contributed by atoms with E-state index in [9.17, 15) is 28.1 Å². The molecule has 3 rings (SSSR count). The number of rotatable bonds is 2. The zero-order chi connectivity index (χ0) is 17.4. The molecule has 0 saturated heterocycles. The van der Waals surface area contributed by atoms with Crippen molar-refractivity contribution >= 4 is 17.3 Å². The monoisotopic (exact) mass is 336 g/mol. The summed E-state index contributed by atoms with van der Waals surface area (Å²) < 4.78 is 41.1. The van der Waals surface area contributed by atoms with Crippen LogP contribution in [0.15, 0.2) is 30.3 Å². The summed E-state index contributed by atoms with van der Waals surface area (Å²) in [5, 5.41) is 10.8. The Balaban J connectivity index is 2.11. The molecule has 0 bridgehead atoms. The van der Waals surface area contributed by atoms with E-state index in [1.165, 1.54) is 4.90 Å². The largest absolute Gasteiger partial charge is 0.308 e. The normalized spacial score (nSPS) is 13.5. The molecule has 1 heterocycles. The molecule has 1 aliphatic heterocycles. The maximum Gasteiger partial charge on any atom is 0.308 e. The van der Waals surface area contributed by atoms with E-state index < -0.39 is 39.5 Å². The van der Waals surface area contributed by atoms with Gasteiger partial charge in [-0.15, -0.1) is 0 Å². The van der Waals surface area contributed by atoms with Gasteiger partial charge in [0.2, 0.25) is 11.6 Å². The van der Waals surface area contributed by atoms with Gasteiger partial charge < -0.3 is 4.90 Å². The lowest BCUT2D eigenvalue weighted by Crippen LogP contribution is -2.36. The van der Waals surface area contributed by atoms with Crippen LogP contribution in [0.5, 0.6) is 0 Å². The number of amides is 1. The molecule has 1 aliphatic rings. The van der Waals surface area contributed by atoms with Crippen LogP contribution in [-0.4, -0.2) is 17.4 Å². The number of nitrogens with zero attached hydrogens (tertiary/aromatic N) is 2. The minimum Gasteiger partial charge on any atom is -0.308 e. The maximum absolute atomic E-state index is 14.0. The number of nitro groups is 1. The Morgan fingerprint density at radius 3 is 2.54 bits per heavy atom. The average Bonchev–Trinajstić information content (AvgIpc) is 2.58. The van der Waals surface area contributed by atoms with Crippen molar-refractivity contribution < 1.29 is 22.9 Å². The van der Waals surface area contributed by atoms with Crippen LogP contribution in [-0.2, 0) is 6.42 Å². The second kappa shape index (κ2) is 5.95. The summed E-state index contributed by atoms with van der Waals surface area (Å²) in [7, 11) is 0. The molecule has 0 aliphatic carbocycles. The molecule has 0 fully saturated rings. The number of anilines is 1. The molecule has 0 radical (unpaired) electrons. The number of nitro benzene ring substituents is 1. The second-order valence-corrected chi connectivity index (χ2v) is 5.33. The molecule has 124 valence electrons. The highest BCUT2D eigenvalue weighted by Gasteiger charge is 2.32. The Hall–Kier alpha value is -2.90. The Morgan fingerprint density at radius 2 is 1.83 bits per heavy atom. The molecule has 0 spiro atoms. The van der Waals surface area contributed by atoms with Gasteiger partial charge >= 0.3 is 5.69 Å². The van der Waals surface area contributed by atoms with E-state index in [-0.39, 0.29) is 6.54 Å². The van der Waals surface area contributed by atoms with Gasteiger partial charge in [-0.1, -0.05) is 18.2 Å². The number of benzene rings is 2. The van der Waals surface area contributed by atoms with Crippen LogP contribution in [0, 0.1) is 27.6 Å². The molecular weight excluding hydrogens is 325 g/mol. The maximum atomic E-state index is 14.0. The van der Waals surface area contributed by atoms with Gasteiger partial charge in [0, 0.05) is 18.3 Å². The van der Waals surface area contributed by atoms with E-state index in [4.69, 9.17) is 0 Å². The molecular formula is C16H11F3N2O3. The van der Waals surface area contributed by atoms with Crippen molar-refractivity contribution in [3.8, 4) is 0 Å². The minimum absolute atomic E-state index is 0.252. The van der Waals surface area contributed by atoms with Crippen molar-refractivity contribution in [1.82, 2.24) is 0 Å². The number of para-hydroxylation sites is 1. The van der Waals surface area contributed by atoms with Gasteiger partial charge in [-0.2, -0.15) is 4.39 Å². The van der Waals surface area contributed by atoms with E-state index in [1.807, 2.05) is 0 Å². The Kier molecular flexibility index (Phi) is 3.96. The lowest BCUT2D eigenvalue weighted by atomic mass is 10.0. The summed E-state index contributed by atoms with van der Waals surface area (Å²) in [6.07, 6.45) is 1.33. The summed E-state index contributed by atoms with van der Waals surface area (Å²) >= 11 is 0. The van der Waals surface area contributed by atoms with Gasteiger partial charge in [-0.25, -0.2) is 8.78 Å². The molecule has 1 amide bonds. The Morgan fingerprint density at radius 1 is 1.12 bits per heavy atom. The molecule has 0 aromatic heterocycles. The van der Waals surface area contributed by atoms with Gasteiger partial charge in [-0.05, 0) is 24.5 Å². The molecule has 0 unspecified atom stereocenters. The van der Waals surface area contributed by atoms with E-state index in [2.05, 4.69) is 0 Å². The lowest BCUT2D eigenvalue weighted by molar-refractivity contribution is -0.387. The fourth-order valence-electron chi connectivity index (χ4n) is 2.77. The number of fused-ring (bicyclic) bond motifs is 1. The highest BCUT2D eigenvalue weighted by Crippen LogP contribution is 2.31. The number of hydrogen-bond donors (Lipinski definition) is 0. The Labute approximate surface area is 134 Å². The fraction of sp³-hybridized carbons (Fsp3) is 0.188. The number of halogens is 3. The summed E-state index contributed by atoms with van der Waals surface area (Å²) in [5.74, 6) is -6.63. The van der Waals surface area contributed by atoms with Crippen LogP contribution in [0.1, 0.15) is 22.3 Å². The topological polar surface area (TPSA) is 63.4 Å². The SMILES string of the molecule is O=C(c1cc([N+](=O)[O-])c(F)c(F)c1F)N1CCCc2ccccc21. The number of carbonyl (C=O) groups excluding carboxylic acids is 1. The predicted molar refractivity (Wildman–Crippen MR) is 79.4 cm³/mol. The Bertz CT molecular complexity index is 855. The van der Waals surface area contributed by atoms with E-state index in [0.29, 0.717) is 18.2 Å². The van der Waals surface area contributed by atoms with Crippen molar-refractivity contribution in [1.29, 1.82) is 0 Å². The van der Waals surface area contributed by atoms with Crippen LogP contribution >= 0.6 is 0 Å². The summed E-state index contributed by atoms with van der Waals surface area (Å²) in [4.78, 5) is 23.4. The van der Waals surface area contributed by atoms with Crippen LogP contribution in [0.2, 0.25) is 0 Å². The van der Waals surface area contributed by atoms with Crippen molar-refractivity contribution in [2.75, 3.05) is 11.4 Å².